The normalized spacial score (nSPS) is 10.5. The molecule has 0 saturated heterocycles. The molecule has 3 aromatic rings. The molecule has 122 valence electrons. The first-order valence-corrected chi connectivity index (χ1v) is 7.91. The molecule has 1 amide bonds. The summed E-state index contributed by atoms with van der Waals surface area (Å²) in [6, 6.07) is 17.7. The molecule has 3 rings (SSSR count). The van der Waals surface area contributed by atoms with Crippen molar-refractivity contribution in [3.8, 4) is 11.5 Å². The standard InChI is InChI=1S/C19H16ClNO3/c20-15-7-1-2-10-18(15)24-12-11-19(23)21-16-8-3-6-14-13(16)5-4-9-17(14)22/h1-10,22H,11-12H2,(H,21,23). The zero-order chi connectivity index (χ0) is 16.9. The molecule has 5 heteroatoms. The van der Waals surface area contributed by atoms with Gasteiger partial charge in [-0.3, -0.25) is 4.79 Å². The predicted molar refractivity (Wildman–Crippen MR) is 95.8 cm³/mol. The van der Waals surface area contributed by atoms with Crippen LogP contribution in [-0.2, 0) is 4.79 Å². The Morgan fingerprint density at radius 3 is 2.58 bits per heavy atom. The van der Waals surface area contributed by atoms with Crippen molar-refractivity contribution in [2.75, 3.05) is 11.9 Å². The second kappa shape index (κ2) is 7.23. The first-order chi connectivity index (χ1) is 11.6. The zero-order valence-corrected chi connectivity index (χ0v) is 13.6. The number of carbonyl (C=O) groups is 1. The third-order valence-corrected chi connectivity index (χ3v) is 3.91. The Labute approximate surface area is 144 Å². The molecular formula is C19H16ClNO3. The van der Waals surface area contributed by atoms with Crippen molar-refractivity contribution in [2.24, 2.45) is 0 Å². The van der Waals surface area contributed by atoms with Gasteiger partial charge < -0.3 is 15.2 Å². The third-order valence-electron chi connectivity index (χ3n) is 3.60. The average molecular weight is 342 g/mol. The number of hydrogen-bond donors (Lipinski definition) is 2. The highest BCUT2D eigenvalue weighted by Crippen LogP contribution is 2.30. The maximum absolute atomic E-state index is 12.1. The van der Waals surface area contributed by atoms with Crippen LogP contribution in [0.4, 0.5) is 5.69 Å². The van der Waals surface area contributed by atoms with E-state index in [1.807, 2.05) is 18.2 Å². The Morgan fingerprint density at radius 1 is 1.00 bits per heavy atom. The summed E-state index contributed by atoms with van der Waals surface area (Å²) in [5.74, 6) is 0.575. The molecule has 0 unspecified atom stereocenters. The lowest BCUT2D eigenvalue weighted by Crippen LogP contribution is -2.15. The van der Waals surface area contributed by atoms with E-state index in [1.165, 1.54) is 0 Å². The maximum Gasteiger partial charge on any atom is 0.227 e. The molecule has 4 nitrogen and oxygen atoms in total. The number of aromatic hydroxyl groups is 1. The van der Waals surface area contributed by atoms with Gasteiger partial charge in [-0.05, 0) is 24.3 Å². The monoisotopic (exact) mass is 341 g/mol. The molecule has 0 aromatic heterocycles. The number of para-hydroxylation sites is 1. The SMILES string of the molecule is O=C(CCOc1ccccc1Cl)Nc1cccc2c(O)cccc12. The topological polar surface area (TPSA) is 58.6 Å². The fraction of sp³-hybridized carbons (Fsp3) is 0.105. The van der Waals surface area contributed by atoms with Crippen LogP contribution in [0.15, 0.2) is 60.7 Å². The van der Waals surface area contributed by atoms with E-state index in [4.69, 9.17) is 16.3 Å². The fourth-order valence-corrected chi connectivity index (χ4v) is 2.62. The van der Waals surface area contributed by atoms with Crippen molar-refractivity contribution < 1.29 is 14.6 Å². The average Bonchev–Trinajstić information content (AvgIpc) is 2.58. The van der Waals surface area contributed by atoms with Crippen LogP contribution >= 0.6 is 11.6 Å². The number of phenols is 1. The fourth-order valence-electron chi connectivity index (χ4n) is 2.43. The molecule has 3 aromatic carbocycles. The lowest BCUT2D eigenvalue weighted by Gasteiger charge is -2.10. The van der Waals surface area contributed by atoms with Gasteiger partial charge >= 0.3 is 0 Å². The Bertz CT molecular complexity index is 879. The van der Waals surface area contributed by atoms with E-state index >= 15 is 0 Å². The van der Waals surface area contributed by atoms with Crippen LogP contribution in [0, 0.1) is 0 Å². The van der Waals surface area contributed by atoms with Crippen molar-refractivity contribution in [1.29, 1.82) is 0 Å². The summed E-state index contributed by atoms with van der Waals surface area (Å²) in [7, 11) is 0. The number of carbonyl (C=O) groups excluding carboxylic acids is 1. The molecule has 0 heterocycles. The minimum atomic E-state index is -0.169. The summed E-state index contributed by atoms with van der Waals surface area (Å²) in [5, 5.41) is 14.7. The number of rotatable bonds is 5. The van der Waals surface area contributed by atoms with Gasteiger partial charge in [0.1, 0.15) is 11.5 Å². The van der Waals surface area contributed by atoms with Gasteiger partial charge in [0.05, 0.1) is 18.1 Å². The Morgan fingerprint density at radius 2 is 1.75 bits per heavy atom. The van der Waals surface area contributed by atoms with E-state index in [-0.39, 0.29) is 24.7 Å². The number of benzene rings is 3. The minimum absolute atomic E-state index is 0.169. The molecule has 0 saturated carbocycles. The van der Waals surface area contributed by atoms with Gasteiger partial charge in [0.2, 0.25) is 5.91 Å². The molecular weight excluding hydrogens is 326 g/mol. The lowest BCUT2D eigenvalue weighted by molar-refractivity contribution is -0.116. The van der Waals surface area contributed by atoms with Crippen molar-refractivity contribution in [2.45, 2.75) is 6.42 Å². The van der Waals surface area contributed by atoms with Gasteiger partial charge in [0.25, 0.3) is 0 Å². The van der Waals surface area contributed by atoms with Crippen molar-refractivity contribution >= 4 is 34.0 Å². The molecule has 0 bridgehead atoms. The Hall–Kier alpha value is -2.72. The van der Waals surface area contributed by atoms with Crippen LogP contribution < -0.4 is 10.1 Å². The van der Waals surface area contributed by atoms with Crippen LogP contribution in [0.25, 0.3) is 10.8 Å². The molecule has 24 heavy (non-hydrogen) atoms. The summed E-state index contributed by atoms with van der Waals surface area (Å²) in [6.45, 7) is 0.228. The van der Waals surface area contributed by atoms with Gasteiger partial charge in [-0.25, -0.2) is 0 Å². The molecule has 0 aliphatic carbocycles. The van der Waals surface area contributed by atoms with E-state index in [1.54, 1.807) is 42.5 Å². The second-order valence-corrected chi connectivity index (χ2v) is 5.66. The van der Waals surface area contributed by atoms with Gasteiger partial charge in [0.15, 0.2) is 0 Å². The number of amides is 1. The summed E-state index contributed by atoms with van der Waals surface area (Å²) < 4.78 is 5.52. The quantitative estimate of drug-likeness (QED) is 0.712. The number of halogens is 1. The van der Waals surface area contributed by atoms with Crippen LogP contribution in [0.1, 0.15) is 6.42 Å². The van der Waals surface area contributed by atoms with Crippen molar-refractivity contribution in [3.05, 3.63) is 65.7 Å². The number of phenolic OH excluding ortho intramolecular Hbond substituents is 1. The molecule has 2 N–H and O–H groups in total. The first-order valence-electron chi connectivity index (χ1n) is 7.53. The van der Waals surface area contributed by atoms with E-state index in [0.29, 0.717) is 21.8 Å². The van der Waals surface area contributed by atoms with E-state index in [2.05, 4.69) is 5.32 Å². The second-order valence-electron chi connectivity index (χ2n) is 5.25. The van der Waals surface area contributed by atoms with Crippen LogP contribution in [-0.4, -0.2) is 17.6 Å². The van der Waals surface area contributed by atoms with Gasteiger partial charge in [-0.2, -0.15) is 0 Å². The summed E-state index contributed by atoms with van der Waals surface area (Å²) in [4.78, 5) is 12.1. The van der Waals surface area contributed by atoms with Crippen LogP contribution in [0.3, 0.4) is 0 Å². The Balaban J connectivity index is 1.63. The van der Waals surface area contributed by atoms with Crippen molar-refractivity contribution in [1.82, 2.24) is 0 Å². The van der Waals surface area contributed by atoms with E-state index in [9.17, 15) is 9.90 Å². The molecule has 0 aliphatic rings. The third kappa shape index (κ3) is 3.60. The molecule has 0 radical (unpaired) electrons. The van der Waals surface area contributed by atoms with Gasteiger partial charge in [-0.15, -0.1) is 0 Å². The van der Waals surface area contributed by atoms with E-state index < -0.39 is 0 Å². The number of hydrogen-bond acceptors (Lipinski definition) is 3. The molecule has 0 spiro atoms. The largest absolute Gasteiger partial charge is 0.507 e. The highest BCUT2D eigenvalue weighted by Gasteiger charge is 2.08. The predicted octanol–water partition coefficient (Wildman–Crippen LogP) is 4.61. The molecule has 0 fully saturated rings. The van der Waals surface area contributed by atoms with Crippen LogP contribution in [0.5, 0.6) is 11.5 Å². The Kier molecular flexibility index (Phi) is 4.87. The number of ether oxygens (including phenoxy) is 1. The van der Waals surface area contributed by atoms with Gasteiger partial charge in [0, 0.05) is 16.5 Å². The number of anilines is 1. The van der Waals surface area contributed by atoms with Crippen LogP contribution in [0.2, 0.25) is 5.02 Å². The maximum atomic E-state index is 12.1. The zero-order valence-electron chi connectivity index (χ0n) is 12.8. The first kappa shape index (κ1) is 16.1. The number of nitrogens with one attached hydrogen (secondary N) is 1. The summed E-state index contributed by atoms with van der Waals surface area (Å²) >= 11 is 6.00. The number of fused-ring (bicyclic) bond motifs is 1. The highest BCUT2D eigenvalue weighted by atomic mass is 35.5. The van der Waals surface area contributed by atoms with E-state index in [0.717, 1.165) is 5.39 Å². The summed E-state index contributed by atoms with van der Waals surface area (Å²) in [5.41, 5.74) is 0.658. The lowest BCUT2D eigenvalue weighted by atomic mass is 10.1. The molecule has 0 aliphatic heterocycles. The van der Waals surface area contributed by atoms with Crippen molar-refractivity contribution in [3.63, 3.8) is 0 Å². The highest BCUT2D eigenvalue weighted by molar-refractivity contribution is 6.32. The minimum Gasteiger partial charge on any atom is -0.507 e. The smallest absolute Gasteiger partial charge is 0.227 e. The summed E-state index contributed by atoms with van der Waals surface area (Å²) in [6.07, 6.45) is 0.195. The molecule has 0 atom stereocenters. The van der Waals surface area contributed by atoms with Gasteiger partial charge in [-0.1, -0.05) is 48.0 Å².